The van der Waals surface area contributed by atoms with Crippen LogP contribution >= 0.6 is 11.6 Å². The number of nitrogens with zero attached hydrogens (tertiary/aromatic N) is 2. The first kappa shape index (κ1) is 20.6. The second kappa shape index (κ2) is 9.41. The minimum absolute atomic E-state index is 0.0303. The third kappa shape index (κ3) is 5.70. The fraction of sp³-hybridized carbons (Fsp3) is 0.286. The Hall–Kier alpha value is -3.08. The maximum absolute atomic E-state index is 12.5. The standard InChI is InChI=1S/C21H21ClN4O3/c22-16-4-5-19(27)18(11-16)25-21(29)15-6-8-26(9-7-15)13-20(28)24-17-3-1-2-14(10-17)12-23/h1-5,10-11,15,27H,6-9,13H2,(H,24,28)(H,25,29). The summed E-state index contributed by atoms with van der Waals surface area (Å²) in [7, 11) is 0. The van der Waals surface area contributed by atoms with Crippen molar-refractivity contribution in [3.8, 4) is 11.8 Å². The molecule has 1 fully saturated rings. The molecule has 150 valence electrons. The molecule has 2 aromatic rings. The second-order valence-corrected chi connectivity index (χ2v) is 7.38. The van der Waals surface area contributed by atoms with Crippen LogP contribution in [0.25, 0.3) is 0 Å². The molecule has 1 aliphatic heterocycles. The van der Waals surface area contributed by atoms with Gasteiger partial charge in [0.2, 0.25) is 11.8 Å². The average Bonchev–Trinajstić information content (AvgIpc) is 2.71. The molecule has 2 aromatic carbocycles. The van der Waals surface area contributed by atoms with E-state index in [9.17, 15) is 14.7 Å². The minimum atomic E-state index is -0.194. The van der Waals surface area contributed by atoms with E-state index < -0.39 is 0 Å². The van der Waals surface area contributed by atoms with Gasteiger partial charge < -0.3 is 15.7 Å². The SMILES string of the molecule is N#Cc1cccc(NC(=O)CN2CCC(C(=O)Nc3cc(Cl)ccc3O)CC2)c1. The first-order chi connectivity index (χ1) is 13.9. The monoisotopic (exact) mass is 412 g/mol. The van der Waals surface area contributed by atoms with Crippen molar-refractivity contribution in [2.24, 2.45) is 5.92 Å². The number of anilines is 2. The fourth-order valence-electron chi connectivity index (χ4n) is 3.27. The summed E-state index contributed by atoms with van der Waals surface area (Å²) in [6.07, 6.45) is 1.23. The van der Waals surface area contributed by atoms with Crippen molar-refractivity contribution in [1.82, 2.24) is 4.90 Å². The van der Waals surface area contributed by atoms with Crippen LogP contribution < -0.4 is 10.6 Å². The molecule has 0 radical (unpaired) electrons. The predicted molar refractivity (Wildman–Crippen MR) is 111 cm³/mol. The zero-order chi connectivity index (χ0) is 20.8. The molecule has 2 amide bonds. The van der Waals surface area contributed by atoms with E-state index in [0.717, 1.165) is 0 Å². The first-order valence-corrected chi connectivity index (χ1v) is 9.64. The number of benzene rings is 2. The smallest absolute Gasteiger partial charge is 0.238 e. The summed E-state index contributed by atoms with van der Waals surface area (Å²) < 4.78 is 0. The molecule has 0 unspecified atom stereocenters. The highest BCUT2D eigenvalue weighted by molar-refractivity contribution is 6.31. The molecular weight excluding hydrogens is 392 g/mol. The van der Waals surface area contributed by atoms with Gasteiger partial charge in [0.25, 0.3) is 0 Å². The van der Waals surface area contributed by atoms with Gasteiger partial charge in [-0.25, -0.2) is 0 Å². The molecule has 0 saturated carbocycles. The number of piperidine rings is 1. The van der Waals surface area contributed by atoms with Gasteiger partial charge >= 0.3 is 0 Å². The number of carbonyl (C=O) groups is 2. The molecule has 1 saturated heterocycles. The molecule has 1 heterocycles. The third-order valence-electron chi connectivity index (χ3n) is 4.82. The summed E-state index contributed by atoms with van der Waals surface area (Å²) in [5.74, 6) is -0.552. The molecule has 29 heavy (non-hydrogen) atoms. The predicted octanol–water partition coefficient (Wildman–Crippen LogP) is 3.21. The number of nitriles is 1. The zero-order valence-electron chi connectivity index (χ0n) is 15.7. The Morgan fingerprint density at radius 2 is 1.93 bits per heavy atom. The summed E-state index contributed by atoms with van der Waals surface area (Å²) in [4.78, 5) is 26.7. The van der Waals surface area contributed by atoms with E-state index >= 15 is 0 Å². The highest BCUT2D eigenvalue weighted by Gasteiger charge is 2.26. The Morgan fingerprint density at radius 3 is 2.66 bits per heavy atom. The van der Waals surface area contributed by atoms with Crippen molar-refractivity contribution in [1.29, 1.82) is 5.26 Å². The van der Waals surface area contributed by atoms with E-state index in [2.05, 4.69) is 10.6 Å². The highest BCUT2D eigenvalue weighted by Crippen LogP contribution is 2.28. The molecule has 0 spiro atoms. The van der Waals surface area contributed by atoms with Gasteiger partial charge in [0.15, 0.2) is 0 Å². The molecular formula is C21H21ClN4O3. The normalized spacial score (nSPS) is 14.8. The van der Waals surface area contributed by atoms with Crippen LogP contribution in [0, 0.1) is 17.2 Å². The van der Waals surface area contributed by atoms with Gasteiger partial charge in [-0.15, -0.1) is 0 Å². The van der Waals surface area contributed by atoms with Crippen LogP contribution in [0.2, 0.25) is 5.02 Å². The lowest BCUT2D eigenvalue weighted by atomic mass is 9.95. The number of aromatic hydroxyl groups is 1. The summed E-state index contributed by atoms with van der Waals surface area (Å²) in [6.45, 7) is 1.46. The van der Waals surface area contributed by atoms with E-state index in [1.807, 2.05) is 11.0 Å². The number of halogens is 1. The highest BCUT2D eigenvalue weighted by atomic mass is 35.5. The van der Waals surface area contributed by atoms with Gasteiger partial charge in [-0.1, -0.05) is 17.7 Å². The van der Waals surface area contributed by atoms with E-state index in [1.54, 1.807) is 30.3 Å². The fourth-order valence-corrected chi connectivity index (χ4v) is 3.44. The largest absolute Gasteiger partial charge is 0.506 e. The molecule has 0 bridgehead atoms. The molecule has 0 aliphatic carbocycles. The lowest BCUT2D eigenvalue weighted by Crippen LogP contribution is -2.41. The molecule has 1 aliphatic rings. The molecule has 0 atom stereocenters. The van der Waals surface area contributed by atoms with Crippen molar-refractivity contribution >= 4 is 34.8 Å². The summed E-state index contributed by atoms with van der Waals surface area (Å²) >= 11 is 5.91. The van der Waals surface area contributed by atoms with Crippen molar-refractivity contribution in [3.05, 3.63) is 53.1 Å². The third-order valence-corrected chi connectivity index (χ3v) is 5.05. The van der Waals surface area contributed by atoms with Crippen LogP contribution in [0.4, 0.5) is 11.4 Å². The Morgan fingerprint density at radius 1 is 1.17 bits per heavy atom. The van der Waals surface area contributed by atoms with E-state index in [4.69, 9.17) is 16.9 Å². The van der Waals surface area contributed by atoms with Crippen molar-refractivity contribution < 1.29 is 14.7 Å². The molecule has 3 rings (SSSR count). The molecule has 7 nitrogen and oxygen atoms in total. The zero-order valence-corrected chi connectivity index (χ0v) is 16.4. The Kier molecular flexibility index (Phi) is 6.70. The number of hydrogen-bond acceptors (Lipinski definition) is 5. The topological polar surface area (TPSA) is 105 Å². The van der Waals surface area contributed by atoms with Gasteiger partial charge in [-0.05, 0) is 62.3 Å². The van der Waals surface area contributed by atoms with E-state index in [0.29, 0.717) is 47.9 Å². The number of hydrogen-bond donors (Lipinski definition) is 3. The van der Waals surface area contributed by atoms with Crippen LogP contribution in [0.15, 0.2) is 42.5 Å². The van der Waals surface area contributed by atoms with E-state index in [-0.39, 0.29) is 30.0 Å². The van der Waals surface area contributed by atoms with Crippen LogP contribution in [0.3, 0.4) is 0 Å². The molecule has 8 heteroatoms. The molecule has 0 aromatic heterocycles. The average molecular weight is 413 g/mol. The lowest BCUT2D eigenvalue weighted by Gasteiger charge is -2.30. The van der Waals surface area contributed by atoms with Gasteiger partial charge in [0.1, 0.15) is 5.75 Å². The maximum atomic E-state index is 12.5. The Balaban J connectivity index is 1.47. The Labute approximate surface area is 173 Å². The van der Waals surface area contributed by atoms with Crippen LogP contribution in [-0.2, 0) is 9.59 Å². The summed E-state index contributed by atoms with van der Waals surface area (Å²) in [5.41, 5.74) is 1.37. The maximum Gasteiger partial charge on any atom is 0.238 e. The summed E-state index contributed by atoms with van der Waals surface area (Å²) in [5, 5.41) is 24.7. The van der Waals surface area contributed by atoms with Crippen molar-refractivity contribution in [3.63, 3.8) is 0 Å². The van der Waals surface area contributed by atoms with Crippen molar-refractivity contribution in [2.75, 3.05) is 30.3 Å². The quantitative estimate of drug-likeness (QED) is 0.654. The Bertz CT molecular complexity index is 949. The van der Waals surface area contributed by atoms with Crippen LogP contribution in [-0.4, -0.2) is 41.5 Å². The number of phenols is 1. The number of carbonyl (C=O) groups excluding carboxylic acids is 2. The van der Waals surface area contributed by atoms with Gasteiger partial charge in [-0.3, -0.25) is 14.5 Å². The number of amides is 2. The summed E-state index contributed by atoms with van der Waals surface area (Å²) in [6, 6.07) is 13.3. The number of nitrogens with one attached hydrogen (secondary N) is 2. The van der Waals surface area contributed by atoms with E-state index in [1.165, 1.54) is 12.1 Å². The minimum Gasteiger partial charge on any atom is -0.506 e. The number of likely N-dealkylation sites (tertiary alicyclic amines) is 1. The second-order valence-electron chi connectivity index (χ2n) is 6.94. The van der Waals surface area contributed by atoms with Crippen LogP contribution in [0.5, 0.6) is 5.75 Å². The van der Waals surface area contributed by atoms with Crippen LogP contribution in [0.1, 0.15) is 18.4 Å². The number of phenolic OH excluding ortho intramolecular Hbond substituents is 1. The number of rotatable bonds is 5. The molecule has 3 N–H and O–H groups in total. The lowest BCUT2D eigenvalue weighted by molar-refractivity contribution is -0.121. The van der Waals surface area contributed by atoms with Gasteiger partial charge in [-0.2, -0.15) is 5.26 Å². The van der Waals surface area contributed by atoms with Crippen molar-refractivity contribution in [2.45, 2.75) is 12.8 Å². The van der Waals surface area contributed by atoms with Gasteiger partial charge in [0.05, 0.1) is 23.9 Å². The first-order valence-electron chi connectivity index (χ1n) is 9.26. The van der Waals surface area contributed by atoms with Gasteiger partial charge in [0, 0.05) is 16.6 Å².